The first-order valence-electron chi connectivity index (χ1n) is 11.5. The van der Waals surface area contributed by atoms with Crippen LogP contribution in [0.1, 0.15) is 71.9 Å². The molecule has 0 amide bonds. The largest absolute Gasteiger partial charge is 0.497 e. The first-order chi connectivity index (χ1) is 15.6. The van der Waals surface area contributed by atoms with E-state index in [0.717, 1.165) is 5.75 Å². The topological polar surface area (TPSA) is 9.23 Å². The highest BCUT2D eigenvalue weighted by Gasteiger charge is 2.25. The summed E-state index contributed by atoms with van der Waals surface area (Å²) in [6, 6.07) is 36.9. The molecule has 0 spiro atoms. The van der Waals surface area contributed by atoms with Crippen molar-refractivity contribution in [3.05, 3.63) is 137 Å². The Hall–Kier alpha value is -3.32. The van der Waals surface area contributed by atoms with E-state index in [1.165, 1.54) is 33.4 Å². The number of benzene rings is 4. The second-order valence-corrected chi connectivity index (χ2v) is 8.62. The smallest absolute Gasteiger partial charge is 0.119 e. The van der Waals surface area contributed by atoms with E-state index in [0.29, 0.717) is 0 Å². The second-order valence-electron chi connectivity index (χ2n) is 8.62. The monoisotopic (exact) mass is 420 g/mol. The standard InChI is InChI=1S/C31H32O/c1-22(25-14-8-5-9-15-25)29-20-28(32-4)21-30(23(2)26-16-10-6-11-17-26)31(29)24(3)27-18-12-7-13-19-27/h5-24H,1-4H3. The Bertz CT molecular complexity index is 1070. The van der Waals surface area contributed by atoms with Gasteiger partial charge in [0.05, 0.1) is 7.11 Å². The summed E-state index contributed by atoms with van der Waals surface area (Å²) in [5, 5.41) is 0. The third kappa shape index (κ3) is 4.48. The summed E-state index contributed by atoms with van der Waals surface area (Å²) in [6.45, 7) is 6.95. The maximum absolute atomic E-state index is 5.81. The fraction of sp³-hybridized carbons (Fsp3) is 0.226. The zero-order valence-electron chi connectivity index (χ0n) is 19.5. The van der Waals surface area contributed by atoms with Crippen molar-refractivity contribution in [2.24, 2.45) is 0 Å². The number of methoxy groups -OCH3 is 1. The van der Waals surface area contributed by atoms with Crippen molar-refractivity contribution in [1.82, 2.24) is 0 Å². The molecule has 0 saturated heterocycles. The summed E-state index contributed by atoms with van der Waals surface area (Å²) in [4.78, 5) is 0. The van der Waals surface area contributed by atoms with E-state index in [1.807, 2.05) is 0 Å². The molecular weight excluding hydrogens is 388 g/mol. The van der Waals surface area contributed by atoms with Crippen molar-refractivity contribution in [3.8, 4) is 5.75 Å². The van der Waals surface area contributed by atoms with Gasteiger partial charge in [-0.3, -0.25) is 0 Å². The quantitative estimate of drug-likeness (QED) is 0.293. The molecule has 3 unspecified atom stereocenters. The maximum atomic E-state index is 5.81. The van der Waals surface area contributed by atoms with E-state index in [1.54, 1.807) is 7.11 Å². The van der Waals surface area contributed by atoms with Crippen LogP contribution < -0.4 is 4.74 Å². The van der Waals surface area contributed by atoms with Crippen LogP contribution in [0.15, 0.2) is 103 Å². The third-order valence-corrected chi connectivity index (χ3v) is 6.72. The Labute approximate surface area is 192 Å². The molecule has 0 aliphatic rings. The first-order valence-corrected chi connectivity index (χ1v) is 11.5. The van der Waals surface area contributed by atoms with Crippen LogP contribution in [0.25, 0.3) is 0 Å². The minimum Gasteiger partial charge on any atom is -0.497 e. The lowest BCUT2D eigenvalue weighted by atomic mass is 9.76. The van der Waals surface area contributed by atoms with Gasteiger partial charge >= 0.3 is 0 Å². The van der Waals surface area contributed by atoms with Gasteiger partial charge < -0.3 is 4.74 Å². The molecule has 1 nitrogen and oxygen atoms in total. The molecule has 0 aromatic heterocycles. The lowest BCUT2D eigenvalue weighted by molar-refractivity contribution is 0.413. The molecule has 3 atom stereocenters. The van der Waals surface area contributed by atoms with Gasteiger partial charge in [-0.25, -0.2) is 0 Å². The van der Waals surface area contributed by atoms with Crippen molar-refractivity contribution >= 4 is 0 Å². The molecule has 4 rings (SSSR count). The maximum Gasteiger partial charge on any atom is 0.119 e. The Morgan fingerprint density at radius 2 is 0.844 bits per heavy atom. The van der Waals surface area contributed by atoms with Gasteiger partial charge in [-0.2, -0.15) is 0 Å². The van der Waals surface area contributed by atoms with Gasteiger partial charge in [0.1, 0.15) is 5.75 Å². The third-order valence-electron chi connectivity index (χ3n) is 6.72. The van der Waals surface area contributed by atoms with E-state index < -0.39 is 0 Å². The highest BCUT2D eigenvalue weighted by atomic mass is 16.5. The second kappa shape index (κ2) is 9.87. The first kappa shape index (κ1) is 21.9. The summed E-state index contributed by atoms with van der Waals surface area (Å²) in [5.74, 6) is 1.71. The van der Waals surface area contributed by atoms with Crippen LogP contribution in [-0.2, 0) is 0 Å². The Kier molecular flexibility index (Phi) is 6.75. The van der Waals surface area contributed by atoms with Crippen LogP contribution in [0.2, 0.25) is 0 Å². The molecule has 0 bridgehead atoms. The van der Waals surface area contributed by atoms with Gasteiger partial charge in [-0.15, -0.1) is 0 Å². The number of hydrogen-bond acceptors (Lipinski definition) is 1. The molecule has 0 fully saturated rings. The van der Waals surface area contributed by atoms with Crippen LogP contribution in [-0.4, -0.2) is 7.11 Å². The van der Waals surface area contributed by atoms with Gasteiger partial charge in [-0.1, -0.05) is 112 Å². The molecular formula is C31H32O. The number of ether oxygens (including phenoxy) is 1. The molecule has 4 aromatic carbocycles. The molecule has 4 aromatic rings. The fourth-order valence-corrected chi connectivity index (χ4v) is 4.76. The van der Waals surface area contributed by atoms with Gasteiger partial charge in [0.15, 0.2) is 0 Å². The Balaban J connectivity index is 1.95. The number of rotatable bonds is 7. The van der Waals surface area contributed by atoms with E-state index in [2.05, 4.69) is 124 Å². The van der Waals surface area contributed by atoms with E-state index in [-0.39, 0.29) is 17.8 Å². The van der Waals surface area contributed by atoms with Gasteiger partial charge in [0, 0.05) is 17.8 Å². The van der Waals surface area contributed by atoms with Crippen molar-refractivity contribution in [3.63, 3.8) is 0 Å². The number of hydrogen-bond donors (Lipinski definition) is 0. The summed E-state index contributed by atoms with van der Waals surface area (Å²) in [6.07, 6.45) is 0. The molecule has 0 aliphatic carbocycles. The summed E-state index contributed by atoms with van der Waals surface area (Å²) in [7, 11) is 1.77. The highest BCUT2D eigenvalue weighted by molar-refractivity contribution is 5.54. The van der Waals surface area contributed by atoms with Crippen molar-refractivity contribution in [2.45, 2.75) is 38.5 Å². The van der Waals surface area contributed by atoms with Gasteiger partial charge in [0.25, 0.3) is 0 Å². The summed E-state index contributed by atoms with van der Waals surface area (Å²) in [5.41, 5.74) is 8.06. The molecule has 0 heterocycles. The average Bonchev–Trinajstić information content (AvgIpc) is 2.88. The average molecular weight is 421 g/mol. The van der Waals surface area contributed by atoms with Crippen molar-refractivity contribution in [2.75, 3.05) is 7.11 Å². The zero-order chi connectivity index (χ0) is 22.5. The van der Waals surface area contributed by atoms with Gasteiger partial charge in [-0.05, 0) is 45.5 Å². The molecule has 162 valence electrons. The van der Waals surface area contributed by atoms with Crippen LogP contribution in [0.3, 0.4) is 0 Å². The normalized spacial score (nSPS) is 13.9. The minimum atomic E-state index is 0.259. The molecule has 0 radical (unpaired) electrons. The van der Waals surface area contributed by atoms with Crippen LogP contribution >= 0.6 is 0 Å². The SMILES string of the molecule is COc1cc(C(C)c2ccccc2)c(C(C)c2ccccc2)c(C(C)c2ccccc2)c1. The van der Waals surface area contributed by atoms with Crippen molar-refractivity contribution < 1.29 is 4.74 Å². The van der Waals surface area contributed by atoms with Crippen molar-refractivity contribution in [1.29, 1.82) is 0 Å². The van der Waals surface area contributed by atoms with E-state index in [4.69, 9.17) is 4.74 Å². The van der Waals surface area contributed by atoms with Crippen LogP contribution in [0, 0.1) is 0 Å². The van der Waals surface area contributed by atoms with E-state index in [9.17, 15) is 0 Å². The van der Waals surface area contributed by atoms with E-state index >= 15 is 0 Å². The molecule has 32 heavy (non-hydrogen) atoms. The Morgan fingerprint density at radius 1 is 0.500 bits per heavy atom. The minimum absolute atomic E-state index is 0.259. The lowest BCUT2D eigenvalue weighted by Crippen LogP contribution is -2.12. The van der Waals surface area contributed by atoms with Gasteiger partial charge in [0.2, 0.25) is 0 Å². The molecule has 1 heteroatoms. The molecule has 0 aliphatic heterocycles. The predicted molar refractivity (Wildman–Crippen MR) is 135 cm³/mol. The summed E-state index contributed by atoms with van der Waals surface area (Å²) >= 11 is 0. The van der Waals surface area contributed by atoms with Crippen LogP contribution in [0.5, 0.6) is 5.75 Å². The Morgan fingerprint density at radius 3 is 1.19 bits per heavy atom. The van der Waals surface area contributed by atoms with Crippen LogP contribution in [0.4, 0.5) is 0 Å². The molecule has 0 N–H and O–H groups in total. The highest BCUT2D eigenvalue weighted by Crippen LogP contribution is 2.42. The molecule has 0 saturated carbocycles. The fourth-order valence-electron chi connectivity index (χ4n) is 4.76. The predicted octanol–water partition coefficient (Wildman–Crippen LogP) is 8.15. The lowest BCUT2D eigenvalue weighted by Gasteiger charge is -2.28. The zero-order valence-corrected chi connectivity index (χ0v) is 19.5. The summed E-state index contributed by atoms with van der Waals surface area (Å²) < 4.78 is 5.81.